The van der Waals surface area contributed by atoms with E-state index in [1.807, 2.05) is 43.6 Å². The van der Waals surface area contributed by atoms with Crippen LogP contribution in [0, 0.1) is 39.7 Å². The first-order valence-electron chi connectivity index (χ1n) is 21.7. The number of hydrogen-bond acceptors (Lipinski definition) is 11. The van der Waals surface area contributed by atoms with Crippen LogP contribution in [-0.2, 0) is 16.1 Å². The lowest BCUT2D eigenvalue weighted by Crippen LogP contribution is -2.74. The molecule has 0 spiro atoms. The zero-order chi connectivity index (χ0) is 44.4. The van der Waals surface area contributed by atoms with E-state index in [0.717, 1.165) is 37.9 Å². The lowest BCUT2D eigenvalue weighted by molar-refractivity contribution is -0.163. The zero-order valence-electron chi connectivity index (χ0n) is 35.9. The van der Waals surface area contributed by atoms with E-state index in [9.17, 15) is 24.4 Å². The molecule has 1 atom stereocenters. The largest absolute Gasteiger partial charge is 0.488 e. The average Bonchev–Trinajstić information content (AvgIpc) is 3.58. The SMILES string of the molecule is CC1(C)C(NC(=O)c2cnc(N3CCC(CN4CCN(c5cc6c(cc5F)CN(C5CCC(=O)NC5=O)C6=O)CC4)CC3)c(F)c2)C(C)(C)C1Oc1ccc(C#N)c2ncccc12. The van der Waals surface area contributed by atoms with Crippen molar-refractivity contribution in [2.24, 2.45) is 16.7 Å². The van der Waals surface area contributed by atoms with Crippen LogP contribution in [0.5, 0.6) is 5.75 Å². The number of fused-ring (bicyclic) bond motifs is 2. The number of nitrogens with one attached hydrogen (secondary N) is 2. The second kappa shape index (κ2) is 16.2. The number of piperidine rings is 2. The summed E-state index contributed by atoms with van der Waals surface area (Å²) in [7, 11) is 0. The highest BCUT2D eigenvalue weighted by atomic mass is 19.1. The Labute approximate surface area is 364 Å². The molecule has 9 rings (SSSR count). The van der Waals surface area contributed by atoms with Crippen molar-refractivity contribution in [3.05, 3.63) is 88.7 Å². The van der Waals surface area contributed by atoms with Crippen LogP contribution >= 0.6 is 0 Å². The molecule has 4 aromatic rings. The number of carbonyl (C=O) groups is 4. The molecule has 16 heteroatoms. The van der Waals surface area contributed by atoms with Gasteiger partial charge < -0.3 is 24.8 Å². The highest BCUT2D eigenvalue weighted by Gasteiger charge is 2.64. The van der Waals surface area contributed by atoms with Crippen LogP contribution in [0.1, 0.15) is 85.2 Å². The van der Waals surface area contributed by atoms with Gasteiger partial charge in [-0.25, -0.2) is 13.8 Å². The molecule has 14 nitrogen and oxygen atoms in total. The van der Waals surface area contributed by atoms with Gasteiger partial charge >= 0.3 is 0 Å². The molecule has 6 heterocycles. The Morgan fingerprint density at radius 2 is 1.68 bits per heavy atom. The summed E-state index contributed by atoms with van der Waals surface area (Å²) in [6.07, 6.45) is 4.90. The third-order valence-electron chi connectivity index (χ3n) is 14.0. The van der Waals surface area contributed by atoms with E-state index in [2.05, 4.69) is 31.6 Å². The maximum absolute atomic E-state index is 15.7. The predicted molar refractivity (Wildman–Crippen MR) is 230 cm³/mol. The molecular formula is C47H51F2N9O5. The van der Waals surface area contributed by atoms with Gasteiger partial charge in [-0.3, -0.25) is 34.4 Å². The number of carbonyl (C=O) groups excluding carboxylic acids is 4. The van der Waals surface area contributed by atoms with Gasteiger partial charge in [0, 0.05) is 99.0 Å². The minimum atomic E-state index is -0.753. The molecule has 1 saturated carbocycles. The molecule has 4 aliphatic heterocycles. The Morgan fingerprint density at radius 1 is 0.937 bits per heavy atom. The first-order valence-corrected chi connectivity index (χ1v) is 21.7. The number of anilines is 2. The first-order chi connectivity index (χ1) is 30.1. The number of halogens is 2. The highest BCUT2D eigenvalue weighted by molar-refractivity contribution is 6.05. The third kappa shape index (κ3) is 7.59. The number of aromatic nitrogens is 2. The molecule has 3 saturated heterocycles. The molecular weight excluding hydrogens is 809 g/mol. The van der Waals surface area contributed by atoms with E-state index in [1.165, 1.54) is 23.2 Å². The molecule has 4 amide bonds. The molecule has 0 radical (unpaired) electrons. The maximum Gasteiger partial charge on any atom is 0.255 e. The number of ether oxygens (including phenoxy) is 1. The normalized spacial score (nSPS) is 23.5. The van der Waals surface area contributed by atoms with Gasteiger partial charge in [0.2, 0.25) is 11.8 Å². The summed E-state index contributed by atoms with van der Waals surface area (Å²) in [5, 5.41) is 15.8. The molecule has 328 valence electrons. The molecule has 63 heavy (non-hydrogen) atoms. The van der Waals surface area contributed by atoms with E-state index in [0.29, 0.717) is 65.7 Å². The van der Waals surface area contributed by atoms with E-state index in [-0.39, 0.29) is 54.7 Å². The van der Waals surface area contributed by atoms with Crippen molar-refractivity contribution < 1.29 is 32.7 Å². The monoisotopic (exact) mass is 859 g/mol. The van der Waals surface area contributed by atoms with Crippen LogP contribution in [0.3, 0.4) is 0 Å². The summed E-state index contributed by atoms with van der Waals surface area (Å²) in [5.74, 6) is -1.29. The quantitative estimate of drug-likeness (QED) is 0.213. The minimum absolute atomic E-state index is 0.130. The van der Waals surface area contributed by atoms with Gasteiger partial charge in [0.25, 0.3) is 11.8 Å². The number of piperazine rings is 1. The molecule has 1 unspecified atom stereocenters. The first kappa shape index (κ1) is 42.1. The Bertz CT molecular complexity index is 2550. The molecule has 5 aliphatic rings. The molecule has 4 fully saturated rings. The molecule has 2 aromatic heterocycles. The number of pyridine rings is 2. The van der Waals surface area contributed by atoms with Crippen molar-refractivity contribution in [3.63, 3.8) is 0 Å². The summed E-state index contributed by atoms with van der Waals surface area (Å²) in [6, 6.07) is 12.6. The summed E-state index contributed by atoms with van der Waals surface area (Å²) in [4.78, 5) is 67.6. The van der Waals surface area contributed by atoms with Crippen LogP contribution < -0.4 is 25.2 Å². The standard InChI is InChI=1S/C47H51F2N9O5/c1-46(2)44(47(3,4)45(46)63-37-9-7-28(23-50)39-31(37)6-5-13-51-39)54-41(60)29-20-34(49)40(52-24-29)57-14-11-27(12-15-57)25-55-16-18-56(19-17-55)36-22-32-30(21-33(36)48)26-58(43(32)62)35-8-10-38(59)53-42(35)61/h5-7,9,13,20-22,24,27,35,44-45H,8,10-12,14-19,25-26H2,1-4H3,(H,54,60)(H,53,59,61). The fourth-order valence-electron chi connectivity index (χ4n) is 10.9. The van der Waals surface area contributed by atoms with Crippen LogP contribution in [0.2, 0.25) is 0 Å². The fourth-order valence-corrected chi connectivity index (χ4v) is 10.9. The summed E-state index contributed by atoms with van der Waals surface area (Å²) >= 11 is 0. The highest BCUT2D eigenvalue weighted by Crippen LogP contribution is 2.56. The summed E-state index contributed by atoms with van der Waals surface area (Å²) in [5.41, 5.74) is 1.52. The third-order valence-corrected chi connectivity index (χ3v) is 14.0. The van der Waals surface area contributed by atoms with E-state index < -0.39 is 40.3 Å². The van der Waals surface area contributed by atoms with Crippen molar-refractivity contribution in [1.29, 1.82) is 5.26 Å². The maximum atomic E-state index is 15.7. The number of benzene rings is 2. The van der Waals surface area contributed by atoms with Crippen LogP contribution in [0.4, 0.5) is 20.3 Å². The van der Waals surface area contributed by atoms with Gasteiger partial charge in [-0.05, 0) is 73.2 Å². The van der Waals surface area contributed by atoms with Crippen molar-refractivity contribution in [2.45, 2.75) is 78.1 Å². The van der Waals surface area contributed by atoms with Crippen molar-refractivity contribution in [2.75, 3.05) is 55.6 Å². The van der Waals surface area contributed by atoms with Crippen molar-refractivity contribution >= 4 is 46.0 Å². The number of amides is 4. The number of nitriles is 1. The smallest absolute Gasteiger partial charge is 0.255 e. The van der Waals surface area contributed by atoms with E-state index in [1.54, 1.807) is 30.5 Å². The second-order valence-electron chi connectivity index (χ2n) is 18.8. The van der Waals surface area contributed by atoms with Gasteiger partial charge in [0.05, 0.1) is 22.3 Å². The van der Waals surface area contributed by atoms with Crippen LogP contribution in [-0.4, -0.2) is 107 Å². The van der Waals surface area contributed by atoms with Crippen molar-refractivity contribution in [1.82, 2.24) is 30.4 Å². The second-order valence-corrected chi connectivity index (χ2v) is 18.8. The van der Waals surface area contributed by atoms with Gasteiger partial charge in [0.15, 0.2) is 11.6 Å². The van der Waals surface area contributed by atoms with Gasteiger partial charge in [0.1, 0.15) is 29.8 Å². The lowest BCUT2D eigenvalue weighted by Gasteiger charge is -2.63. The topological polar surface area (TPSA) is 164 Å². The average molecular weight is 860 g/mol. The number of rotatable bonds is 9. The fraction of sp³-hybridized carbons (Fsp3) is 0.468. The Balaban J connectivity index is 0.756. The Morgan fingerprint density at radius 3 is 2.38 bits per heavy atom. The van der Waals surface area contributed by atoms with E-state index >= 15 is 8.78 Å². The minimum Gasteiger partial charge on any atom is -0.488 e. The number of imide groups is 1. The summed E-state index contributed by atoms with van der Waals surface area (Å²) < 4.78 is 37.8. The molecule has 1 aliphatic carbocycles. The van der Waals surface area contributed by atoms with E-state index in [4.69, 9.17) is 4.74 Å². The number of hydrogen-bond donors (Lipinski definition) is 2. The zero-order valence-corrected chi connectivity index (χ0v) is 35.9. The van der Waals surface area contributed by atoms with Gasteiger partial charge in [-0.15, -0.1) is 0 Å². The van der Waals surface area contributed by atoms with Crippen LogP contribution in [0.25, 0.3) is 10.9 Å². The number of nitrogens with zero attached hydrogens (tertiary/aromatic N) is 7. The molecule has 0 bridgehead atoms. The summed E-state index contributed by atoms with van der Waals surface area (Å²) in [6.45, 7) is 13.0. The Kier molecular flexibility index (Phi) is 10.8. The predicted octanol–water partition coefficient (Wildman–Crippen LogP) is 5.19. The van der Waals surface area contributed by atoms with Crippen molar-refractivity contribution in [3.8, 4) is 11.8 Å². The lowest BCUT2D eigenvalue weighted by atomic mass is 9.49. The molecule has 2 N–H and O–H groups in total. The van der Waals surface area contributed by atoms with Crippen LogP contribution in [0.15, 0.2) is 54.9 Å². The Hall–Kier alpha value is -6.21. The van der Waals surface area contributed by atoms with Gasteiger partial charge in [-0.2, -0.15) is 5.26 Å². The van der Waals surface area contributed by atoms with Gasteiger partial charge in [-0.1, -0.05) is 27.7 Å². The molecule has 2 aromatic carbocycles.